The molecule has 1 saturated heterocycles. The summed E-state index contributed by atoms with van der Waals surface area (Å²) in [5, 5.41) is 14.8. The van der Waals surface area contributed by atoms with Gasteiger partial charge in [-0.3, -0.25) is 19.5 Å². The minimum absolute atomic E-state index is 0.143. The number of unbranched alkanes of at least 4 members (excludes halogenated alkanes) is 11. The van der Waals surface area contributed by atoms with E-state index in [2.05, 4.69) is 61.5 Å². The van der Waals surface area contributed by atoms with Crippen LogP contribution in [0.25, 0.3) is 11.3 Å². The lowest BCUT2D eigenvalue weighted by atomic mass is 10.1. The minimum atomic E-state index is -0.664. The molecule has 1 fully saturated rings. The highest BCUT2D eigenvalue weighted by atomic mass is 16.4. The van der Waals surface area contributed by atoms with E-state index in [0.717, 1.165) is 68.1 Å². The molecule has 2 aromatic heterocycles. The Morgan fingerprint density at radius 3 is 2.16 bits per heavy atom. The van der Waals surface area contributed by atoms with Gasteiger partial charge in [-0.1, -0.05) is 88.6 Å². The summed E-state index contributed by atoms with van der Waals surface area (Å²) in [4.78, 5) is 41.2. The molecule has 10 nitrogen and oxygen atoms in total. The van der Waals surface area contributed by atoms with Crippen LogP contribution in [0.3, 0.4) is 0 Å². The zero-order valence-electron chi connectivity index (χ0n) is 34.6. The third-order valence-electron chi connectivity index (χ3n) is 10.2. The fourth-order valence-corrected chi connectivity index (χ4v) is 6.62. The van der Waals surface area contributed by atoms with Gasteiger partial charge in [0.1, 0.15) is 0 Å². The number of amides is 1. The van der Waals surface area contributed by atoms with E-state index >= 15 is 0 Å². The van der Waals surface area contributed by atoms with Gasteiger partial charge in [-0.05, 0) is 99.7 Å². The highest BCUT2D eigenvalue weighted by Gasteiger charge is 2.15. The van der Waals surface area contributed by atoms with Gasteiger partial charge in [-0.2, -0.15) is 0 Å². The van der Waals surface area contributed by atoms with Crippen LogP contribution in [0.4, 0.5) is 17.3 Å². The number of carboxylic acid groups (broad SMARTS) is 1. The highest BCUT2D eigenvalue weighted by Crippen LogP contribution is 2.25. The monoisotopic (exact) mass is 776 g/mol. The van der Waals surface area contributed by atoms with E-state index in [0.29, 0.717) is 23.6 Å². The Hall–Kier alpha value is -4.93. The van der Waals surface area contributed by atoms with Gasteiger partial charge >= 0.3 is 5.97 Å². The molecule has 1 aliphatic rings. The van der Waals surface area contributed by atoms with Gasteiger partial charge in [0.25, 0.3) is 5.91 Å². The lowest BCUT2D eigenvalue weighted by Gasteiger charge is -2.32. The first-order valence-electron chi connectivity index (χ1n) is 21.1. The Labute approximate surface area is 341 Å². The molecule has 306 valence electrons. The van der Waals surface area contributed by atoms with Crippen molar-refractivity contribution in [3.63, 3.8) is 0 Å². The second-order valence-electron chi connectivity index (χ2n) is 15.1. The van der Waals surface area contributed by atoms with Gasteiger partial charge in [-0.25, -0.2) is 9.97 Å². The molecular weight excluding hydrogens is 711 g/mol. The molecular formula is C47H65N7O3. The van der Waals surface area contributed by atoms with E-state index in [9.17, 15) is 9.59 Å². The van der Waals surface area contributed by atoms with Crippen molar-refractivity contribution < 1.29 is 14.7 Å². The number of carboxylic acids is 1. The second-order valence-corrected chi connectivity index (χ2v) is 15.1. The average Bonchev–Trinajstić information content (AvgIpc) is 3.22. The predicted molar refractivity (Wildman–Crippen MR) is 234 cm³/mol. The largest absolute Gasteiger partial charge is 0.481 e. The first kappa shape index (κ1) is 44.8. The number of likely N-dealkylation sites (N-methyl/N-ethyl adjacent to an activating group) is 1. The van der Waals surface area contributed by atoms with Gasteiger partial charge in [0.15, 0.2) is 0 Å². The fraction of sp³-hybridized carbons (Fsp3) is 0.468. The summed E-state index contributed by atoms with van der Waals surface area (Å²) < 4.78 is 0. The molecule has 0 aliphatic carbocycles. The lowest BCUT2D eigenvalue weighted by Crippen LogP contribution is -2.43. The maximum Gasteiger partial charge on any atom is 0.303 e. The minimum Gasteiger partial charge on any atom is -0.481 e. The molecule has 0 radical (unpaired) electrons. The van der Waals surface area contributed by atoms with Gasteiger partial charge in [0.2, 0.25) is 5.95 Å². The molecule has 1 amide bonds. The van der Waals surface area contributed by atoms with E-state index in [1.54, 1.807) is 18.6 Å². The number of hydrogen-bond acceptors (Lipinski definition) is 8. The quantitative estimate of drug-likeness (QED) is 0.0529. The Balaban J connectivity index is 0.000000308. The van der Waals surface area contributed by atoms with Crippen molar-refractivity contribution in [3.8, 4) is 11.3 Å². The summed E-state index contributed by atoms with van der Waals surface area (Å²) in [5.74, 6) is -0.331. The number of piperazine rings is 1. The number of aryl methyl sites for hydroxylation is 1. The van der Waals surface area contributed by atoms with Crippen molar-refractivity contribution in [1.82, 2.24) is 24.8 Å². The number of nitrogens with zero attached hydrogens (tertiary/aromatic N) is 5. The van der Waals surface area contributed by atoms with E-state index < -0.39 is 5.97 Å². The van der Waals surface area contributed by atoms with E-state index in [-0.39, 0.29) is 5.91 Å². The lowest BCUT2D eigenvalue weighted by molar-refractivity contribution is -0.137. The molecule has 0 bridgehead atoms. The van der Waals surface area contributed by atoms with Crippen LogP contribution in [-0.4, -0.2) is 75.0 Å². The highest BCUT2D eigenvalue weighted by molar-refractivity contribution is 6.04. The molecule has 0 saturated carbocycles. The maximum atomic E-state index is 12.9. The number of hydrogen-bond donors (Lipinski definition) is 3. The van der Waals surface area contributed by atoms with Crippen molar-refractivity contribution in [2.45, 2.75) is 110 Å². The van der Waals surface area contributed by atoms with Crippen LogP contribution in [0.5, 0.6) is 0 Å². The van der Waals surface area contributed by atoms with Crippen LogP contribution in [-0.2, 0) is 11.3 Å². The van der Waals surface area contributed by atoms with Crippen LogP contribution in [0.15, 0.2) is 91.4 Å². The van der Waals surface area contributed by atoms with Crippen LogP contribution in [0.2, 0.25) is 0 Å². The van der Waals surface area contributed by atoms with Gasteiger partial charge < -0.3 is 20.6 Å². The smallest absolute Gasteiger partial charge is 0.303 e. The number of aliphatic carboxylic acids is 1. The zero-order valence-corrected chi connectivity index (χ0v) is 34.6. The van der Waals surface area contributed by atoms with E-state index in [4.69, 9.17) is 5.11 Å². The summed E-state index contributed by atoms with van der Waals surface area (Å²) in [6.07, 6.45) is 26.5. The maximum absolute atomic E-state index is 12.9. The molecule has 2 aromatic carbocycles. The molecule has 4 aromatic rings. The van der Waals surface area contributed by atoms with Crippen LogP contribution in [0.1, 0.15) is 118 Å². The SMILES string of the molecule is CCCCCCCCC=CCCCCCCCC(=O)O.Cc1ccc(NC(=O)c2ccc(CN3CCN(C)CC3)cc2)cc1Nc1nccc(-c2cccnc2)n1. The molecule has 5 rings (SSSR count). The van der Waals surface area contributed by atoms with Crippen LogP contribution in [0, 0.1) is 6.92 Å². The summed E-state index contributed by atoms with van der Waals surface area (Å²) in [6, 6.07) is 19.3. The van der Waals surface area contributed by atoms with Crippen molar-refractivity contribution in [3.05, 3.63) is 108 Å². The molecule has 0 atom stereocenters. The standard InChI is InChI=1S/C29H31N7O.C18H34O2/c1-21-5-10-25(18-27(21)34-29-31-13-11-26(33-29)24-4-3-12-30-19-24)32-28(37)23-8-6-22(7-9-23)20-36-16-14-35(2)15-17-36;1-2-3-4-5-6-7-8-9-10-11-12-13-14-15-16-17-18(19)20/h3-13,18-19H,14-17,20H2,1-2H3,(H,32,37)(H,31,33,34);9-10H,2-8,11-17H2,1H3,(H,19,20). The number of carbonyl (C=O) groups is 2. The third kappa shape index (κ3) is 17.8. The third-order valence-corrected chi connectivity index (χ3v) is 10.2. The molecule has 3 heterocycles. The Morgan fingerprint density at radius 1 is 0.807 bits per heavy atom. The van der Waals surface area contributed by atoms with Crippen LogP contribution >= 0.6 is 0 Å². The number of allylic oxidation sites excluding steroid dienone is 2. The van der Waals surface area contributed by atoms with E-state index in [1.807, 2.05) is 67.6 Å². The zero-order chi connectivity index (χ0) is 40.5. The number of anilines is 3. The predicted octanol–water partition coefficient (Wildman–Crippen LogP) is 10.7. The number of aromatic nitrogens is 3. The molecule has 0 unspecified atom stereocenters. The molecule has 3 N–H and O–H groups in total. The molecule has 57 heavy (non-hydrogen) atoms. The van der Waals surface area contributed by atoms with Gasteiger partial charge in [0.05, 0.1) is 5.69 Å². The number of rotatable bonds is 22. The number of carbonyl (C=O) groups excluding carboxylic acids is 1. The Morgan fingerprint density at radius 2 is 1.49 bits per heavy atom. The van der Waals surface area contributed by atoms with E-state index in [1.165, 1.54) is 76.2 Å². The van der Waals surface area contributed by atoms with Gasteiger partial charge in [0, 0.05) is 80.2 Å². The van der Waals surface area contributed by atoms with Crippen molar-refractivity contribution in [2.75, 3.05) is 43.9 Å². The summed E-state index contributed by atoms with van der Waals surface area (Å²) >= 11 is 0. The molecule has 0 spiro atoms. The topological polar surface area (TPSA) is 124 Å². The number of nitrogens with one attached hydrogen (secondary N) is 2. The normalized spacial score (nSPS) is 13.2. The number of pyridine rings is 1. The Bertz CT molecular complexity index is 1770. The van der Waals surface area contributed by atoms with Gasteiger partial charge in [-0.15, -0.1) is 0 Å². The summed E-state index contributed by atoms with van der Waals surface area (Å²) in [7, 11) is 2.16. The first-order chi connectivity index (χ1) is 27.8. The molecule has 10 heteroatoms. The second kappa shape index (κ2) is 26.1. The summed E-state index contributed by atoms with van der Waals surface area (Å²) in [6.45, 7) is 9.49. The first-order valence-corrected chi connectivity index (χ1v) is 21.1. The van der Waals surface area contributed by atoms with Crippen LogP contribution < -0.4 is 10.6 Å². The number of benzene rings is 2. The fourth-order valence-electron chi connectivity index (χ4n) is 6.62. The van der Waals surface area contributed by atoms with Crippen molar-refractivity contribution in [1.29, 1.82) is 0 Å². The Kier molecular flexibility index (Phi) is 20.5. The van der Waals surface area contributed by atoms with Crippen molar-refractivity contribution in [2.24, 2.45) is 0 Å². The molecule has 1 aliphatic heterocycles. The van der Waals surface area contributed by atoms with Crippen molar-refractivity contribution >= 4 is 29.2 Å². The summed E-state index contributed by atoms with van der Waals surface area (Å²) in [5.41, 5.74) is 6.08. The average molecular weight is 776 g/mol.